The number of carbonyl (C=O) groups is 2. The Bertz CT molecular complexity index is 710. The maximum absolute atomic E-state index is 12.1. The molecular weight excluding hydrogens is 352 g/mol. The van der Waals surface area contributed by atoms with Gasteiger partial charge in [0.25, 0.3) is 0 Å². The molecule has 6 heteroatoms. The smallest absolute Gasteiger partial charge is 0.234 e. The molecule has 28 heavy (non-hydrogen) atoms. The van der Waals surface area contributed by atoms with Crippen molar-refractivity contribution in [2.24, 2.45) is 11.1 Å². The summed E-state index contributed by atoms with van der Waals surface area (Å²) >= 11 is 0. The molecule has 4 rings (SSSR count). The van der Waals surface area contributed by atoms with Crippen LogP contribution in [0.3, 0.4) is 0 Å². The predicted octanol–water partition coefficient (Wildman–Crippen LogP) is 1.85. The van der Waals surface area contributed by atoms with E-state index in [1.807, 2.05) is 0 Å². The van der Waals surface area contributed by atoms with Gasteiger partial charge in [0.1, 0.15) is 0 Å². The Labute approximate surface area is 167 Å². The topological polar surface area (TPSA) is 78.7 Å². The predicted molar refractivity (Wildman–Crippen MR) is 110 cm³/mol. The average molecular weight is 385 g/mol. The van der Waals surface area contributed by atoms with E-state index in [2.05, 4.69) is 39.4 Å². The Morgan fingerprint density at radius 2 is 1.79 bits per heavy atom. The number of hydrogen-bond donors (Lipinski definition) is 2. The van der Waals surface area contributed by atoms with Crippen molar-refractivity contribution >= 4 is 17.5 Å². The van der Waals surface area contributed by atoms with Gasteiger partial charge in [-0.3, -0.25) is 14.9 Å². The molecule has 1 aromatic carbocycles. The van der Waals surface area contributed by atoms with Crippen LogP contribution in [-0.4, -0.2) is 56.0 Å². The summed E-state index contributed by atoms with van der Waals surface area (Å²) in [6.45, 7) is 6.58. The van der Waals surface area contributed by atoms with Crippen LogP contribution in [0.1, 0.15) is 50.0 Å². The summed E-state index contributed by atoms with van der Waals surface area (Å²) in [6, 6.07) is 8.40. The van der Waals surface area contributed by atoms with E-state index >= 15 is 0 Å². The molecule has 3 saturated heterocycles. The lowest BCUT2D eigenvalue weighted by Gasteiger charge is -2.40. The number of likely N-dealkylation sites (tertiary alicyclic amines) is 1. The second-order valence-electron chi connectivity index (χ2n) is 8.75. The van der Waals surface area contributed by atoms with Crippen LogP contribution in [0.2, 0.25) is 0 Å². The minimum absolute atomic E-state index is 0.159. The van der Waals surface area contributed by atoms with E-state index in [1.165, 1.54) is 38.0 Å². The van der Waals surface area contributed by atoms with Gasteiger partial charge in [0.2, 0.25) is 11.8 Å². The van der Waals surface area contributed by atoms with Crippen LogP contribution in [0.4, 0.5) is 5.69 Å². The van der Waals surface area contributed by atoms with Gasteiger partial charge in [-0.1, -0.05) is 12.1 Å². The van der Waals surface area contributed by atoms with Crippen molar-refractivity contribution in [3.05, 3.63) is 29.8 Å². The first-order valence-electron chi connectivity index (χ1n) is 10.7. The highest BCUT2D eigenvalue weighted by atomic mass is 16.2. The fourth-order valence-corrected chi connectivity index (χ4v) is 5.11. The molecule has 6 nitrogen and oxygen atoms in total. The first-order chi connectivity index (χ1) is 13.6. The van der Waals surface area contributed by atoms with Gasteiger partial charge in [0.15, 0.2) is 0 Å². The van der Waals surface area contributed by atoms with E-state index in [0.29, 0.717) is 18.3 Å². The van der Waals surface area contributed by atoms with E-state index < -0.39 is 0 Å². The number of amides is 2. The van der Waals surface area contributed by atoms with Crippen molar-refractivity contribution in [2.45, 2.75) is 44.4 Å². The number of imide groups is 1. The minimum Gasteiger partial charge on any atom is -0.371 e. The van der Waals surface area contributed by atoms with Gasteiger partial charge in [0, 0.05) is 31.7 Å². The highest BCUT2D eigenvalue weighted by Gasteiger charge is 2.40. The van der Waals surface area contributed by atoms with E-state index in [-0.39, 0.29) is 17.7 Å². The zero-order chi connectivity index (χ0) is 19.6. The van der Waals surface area contributed by atoms with E-state index in [0.717, 1.165) is 38.2 Å². The number of hydrogen-bond acceptors (Lipinski definition) is 5. The van der Waals surface area contributed by atoms with Crippen LogP contribution < -0.4 is 16.0 Å². The molecule has 3 N–H and O–H groups in total. The van der Waals surface area contributed by atoms with Crippen LogP contribution in [0, 0.1) is 5.41 Å². The zero-order valence-electron chi connectivity index (χ0n) is 16.7. The summed E-state index contributed by atoms with van der Waals surface area (Å²) < 4.78 is 0. The molecule has 3 aliphatic heterocycles. The fourth-order valence-electron chi connectivity index (χ4n) is 5.11. The highest BCUT2D eigenvalue weighted by molar-refractivity contribution is 6.00. The maximum Gasteiger partial charge on any atom is 0.234 e. The van der Waals surface area contributed by atoms with E-state index in [9.17, 15) is 9.59 Å². The number of nitrogens with two attached hydrogens (primary N) is 1. The summed E-state index contributed by atoms with van der Waals surface area (Å²) in [7, 11) is 0. The molecule has 0 saturated carbocycles. The number of carbonyl (C=O) groups excluding carboxylic acids is 2. The second-order valence-corrected chi connectivity index (χ2v) is 8.75. The minimum atomic E-state index is -0.200. The molecule has 0 radical (unpaired) electrons. The van der Waals surface area contributed by atoms with E-state index in [1.54, 1.807) is 0 Å². The number of piperidine rings is 2. The summed E-state index contributed by atoms with van der Waals surface area (Å²) in [5.74, 6) is -0.521. The van der Waals surface area contributed by atoms with E-state index in [4.69, 9.17) is 5.73 Å². The van der Waals surface area contributed by atoms with Crippen molar-refractivity contribution in [3.63, 3.8) is 0 Å². The Balaban J connectivity index is 1.33. The van der Waals surface area contributed by atoms with Crippen molar-refractivity contribution < 1.29 is 9.59 Å². The van der Waals surface area contributed by atoms with Crippen LogP contribution in [-0.2, 0) is 9.59 Å². The van der Waals surface area contributed by atoms with Crippen LogP contribution in [0.25, 0.3) is 0 Å². The monoisotopic (exact) mass is 384 g/mol. The van der Waals surface area contributed by atoms with Crippen molar-refractivity contribution in [1.29, 1.82) is 0 Å². The first-order valence-corrected chi connectivity index (χ1v) is 10.7. The molecule has 1 atom stereocenters. The molecular formula is C22H32N4O2. The molecule has 152 valence electrons. The lowest BCUT2D eigenvalue weighted by atomic mass is 9.77. The van der Waals surface area contributed by atoms with Crippen LogP contribution in [0.15, 0.2) is 24.3 Å². The molecule has 3 fully saturated rings. The third-order valence-corrected chi connectivity index (χ3v) is 6.92. The lowest BCUT2D eigenvalue weighted by molar-refractivity contribution is -0.134. The third kappa shape index (κ3) is 4.08. The van der Waals surface area contributed by atoms with Gasteiger partial charge in [-0.25, -0.2) is 0 Å². The Morgan fingerprint density at radius 1 is 1.07 bits per heavy atom. The Kier molecular flexibility index (Phi) is 5.69. The SMILES string of the molecule is NCCCN1CCC2(CCN(c3ccc(C4CCC(=O)NC4=O)cc3)CC2)C1. The maximum atomic E-state index is 12.1. The van der Waals surface area contributed by atoms with Crippen LogP contribution in [0.5, 0.6) is 0 Å². The van der Waals surface area contributed by atoms with Crippen molar-refractivity contribution in [1.82, 2.24) is 10.2 Å². The van der Waals surface area contributed by atoms with Crippen molar-refractivity contribution in [2.75, 3.05) is 44.2 Å². The van der Waals surface area contributed by atoms with Gasteiger partial charge in [0.05, 0.1) is 5.92 Å². The van der Waals surface area contributed by atoms with Gasteiger partial charge < -0.3 is 15.5 Å². The van der Waals surface area contributed by atoms with Gasteiger partial charge >= 0.3 is 0 Å². The third-order valence-electron chi connectivity index (χ3n) is 6.92. The summed E-state index contributed by atoms with van der Waals surface area (Å²) in [5.41, 5.74) is 8.41. The molecule has 2 amide bonds. The number of nitrogens with one attached hydrogen (secondary N) is 1. The second kappa shape index (κ2) is 8.21. The first kappa shape index (κ1) is 19.4. The zero-order valence-corrected chi connectivity index (χ0v) is 16.7. The van der Waals surface area contributed by atoms with Crippen LogP contribution >= 0.6 is 0 Å². The van der Waals surface area contributed by atoms with Gasteiger partial charge in [-0.2, -0.15) is 0 Å². The number of anilines is 1. The summed E-state index contributed by atoms with van der Waals surface area (Å²) in [4.78, 5) is 28.5. The fraction of sp³-hybridized carbons (Fsp3) is 0.636. The molecule has 1 spiro atoms. The number of benzene rings is 1. The Hall–Kier alpha value is -1.92. The highest BCUT2D eigenvalue weighted by Crippen LogP contribution is 2.41. The molecule has 1 aromatic rings. The van der Waals surface area contributed by atoms with Gasteiger partial charge in [-0.05, 0) is 74.8 Å². The largest absolute Gasteiger partial charge is 0.371 e. The molecule has 0 bridgehead atoms. The molecule has 0 aliphatic carbocycles. The molecule has 3 heterocycles. The number of nitrogens with zero attached hydrogens (tertiary/aromatic N) is 2. The average Bonchev–Trinajstić information content (AvgIpc) is 3.10. The summed E-state index contributed by atoms with van der Waals surface area (Å²) in [5, 5.41) is 2.45. The molecule has 0 aromatic heterocycles. The van der Waals surface area contributed by atoms with Gasteiger partial charge in [-0.15, -0.1) is 0 Å². The molecule has 3 aliphatic rings. The molecule has 1 unspecified atom stereocenters. The Morgan fingerprint density at radius 3 is 2.46 bits per heavy atom. The van der Waals surface area contributed by atoms with Crippen molar-refractivity contribution in [3.8, 4) is 0 Å². The normalized spacial score (nSPS) is 25.3. The standard InChI is InChI=1S/C22H32N4O2/c23-11-1-12-25-13-8-22(16-25)9-14-26(15-10-22)18-4-2-17(3-5-18)19-6-7-20(27)24-21(19)28/h2-5,19H,1,6-16,23H2,(H,24,27,28). The quantitative estimate of drug-likeness (QED) is 0.758. The lowest BCUT2D eigenvalue weighted by Crippen LogP contribution is -2.42. The number of rotatable bonds is 5. The summed E-state index contributed by atoms with van der Waals surface area (Å²) in [6.07, 6.45) is 5.95.